The predicted octanol–water partition coefficient (Wildman–Crippen LogP) is 4.05. The number of aliphatic hydroxyl groups excluding tert-OH is 1. The Bertz CT molecular complexity index is 479. The van der Waals surface area contributed by atoms with Gasteiger partial charge in [-0.1, -0.05) is 44.2 Å². The van der Waals surface area contributed by atoms with Crippen molar-refractivity contribution in [1.29, 1.82) is 0 Å². The maximum absolute atomic E-state index is 10.2. The number of aliphatic hydroxyl groups is 1. The molecule has 1 aliphatic carbocycles. The van der Waals surface area contributed by atoms with Crippen LogP contribution in [0.5, 0.6) is 5.75 Å². The van der Waals surface area contributed by atoms with Crippen molar-refractivity contribution >= 4 is 0 Å². The van der Waals surface area contributed by atoms with Gasteiger partial charge in [0.25, 0.3) is 0 Å². The number of aryl methyl sites for hydroxylation is 2. The SMILES string of the molecule is Cc1ccc(C)c(OC[C@H](O)CNC2CCCCCCC2)c1C. The molecule has 0 saturated heterocycles. The van der Waals surface area contributed by atoms with E-state index in [9.17, 15) is 5.11 Å². The van der Waals surface area contributed by atoms with Crippen molar-refractivity contribution in [2.24, 2.45) is 0 Å². The molecule has 1 aliphatic rings. The molecule has 2 rings (SSSR count). The molecule has 23 heavy (non-hydrogen) atoms. The van der Waals surface area contributed by atoms with Crippen LogP contribution in [0.25, 0.3) is 0 Å². The Morgan fingerprint density at radius 1 is 1.04 bits per heavy atom. The fraction of sp³-hybridized carbons (Fsp3) is 0.700. The minimum absolute atomic E-state index is 0.352. The van der Waals surface area contributed by atoms with Gasteiger partial charge in [0, 0.05) is 12.6 Å². The molecule has 0 spiro atoms. The largest absolute Gasteiger partial charge is 0.490 e. The van der Waals surface area contributed by atoms with Crippen molar-refractivity contribution in [3.63, 3.8) is 0 Å². The van der Waals surface area contributed by atoms with E-state index in [1.807, 2.05) is 0 Å². The van der Waals surface area contributed by atoms with E-state index in [0.717, 1.165) is 11.3 Å². The van der Waals surface area contributed by atoms with Crippen molar-refractivity contribution in [3.05, 3.63) is 28.8 Å². The Labute approximate surface area is 141 Å². The number of benzene rings is 1. The van der Waals surface area contributed by atoms with Gasteiger partial charge in [-0.05, 0) is 50.3 Å². The normalized spacial score (nSPS) is 18.3. The summed E-state index contributed by atoms with van der Waals surface area (Å²) in [5.41, 5.74) is 3.53. The minimum Gasteiger partial charge on any atom is -0.490 e. The van der Waals surface area contributed by atoms with Crippen LogP contribution < -0.4 is 10.1 Å². The summed E-state index contributed by atoms with van der Waals surface area (Å²) in [5, 5.41) is 13.8. The van der Waals surface area contributed by atoms with Crippen LogP contribution in [0, 0.1) is 20.8 Å². The number of hydrogen-bond acceptors (Lipinski definition) is 3. The summed E-state index contributed by atoms with van der Waals surface area (Å²) in [4.78, 5) is 0. The van der Waals surface area contributed by atoms with Crippen LogP contribution in [0.1, 0.15) is 61.6 Å². The Morgan fingerprint density at radius 2 is 1.65 bits per heavy atom. The summed E-state index contributed by atoms with van der Waals surface area (Å²) >= 11 is 0. The molecule has 130 valence electrons. The highest BCUT2D eigenvalue weighted by Gasteiger charge is 2.14. The molecule has 0 bridgehead atoms. The van der Waals surface area contributed by atoms with Crippen LogP contribution in [0.3, 0.4) is 0 Å². The maximum Gasteiger partial charge on any atom is 0.125 e. The average molecular weight is 319 g/mol. The quantitative estimate of drug-likeness (QED) is 0.831. The van der Waals surface area contributed by atoms with E-state index in [-0.39, 0.29) is 0 Å². The third-order valence-electron chi connectivity index (χ3n) is 5.04. The van der Waals surface area contributed by atoms with Gasteiger partial charge >= 0.3 is 0 Å². The molecule has 3 nitrogen and oxygen atoms in total. The predicted molar refractivity (Wildman–Crippen MR) is 96.3 cm³/mol. The Morgan fingerprint density at radius 3 is 2.35 bits per heavy atom. The van der Waals surface area contributed by atoms with Gasteiger partial charge in [0.05, 0.1) is 0 Å². The number of ether oxygens (including phenoxy) is 1. The summed E-state index contributed by atoms with van der Waals surface area (Å²) in [6, 6.07) is 4.76. The van der Waals surface area contributed by atoms with Crippen LogP contribution in [-0.4, -0.2) is 30.4 Å². The molecule has 1 saturated carbocycles. The van der Waals surface area contributed by atoms with Gasteiger partial charge in [-0.25, -0.2) is 0 Å². The van der Waals surface area contributed by atoms with Gasteiger partial charge in [0.2, 0.25) is 0 Å². The molecule has 0 heterocycles. The van der Waals surface area contributed by atoms with Gasteiger partial charge < -0.3 is 15.2 Å². The first-order valence-corrected chi connectivity index (χ1v) is 9.19. The van der Waals surface area contributed by atoms with E-state index in [2.05, 4.69) is 38.2 Å². The molecule has 0 unspecified atom stereocenters. The molecule has 1 aromatic carbocycles. The Hall–Kier alpha value is -1.06. The summed E-state index contributed by atoms with van der Waals surface area (Å²) < 4.78 is 5.90. The molecular weight excluding hydrogens is 286 g/mol. The van der Waals surface area contributed by atoms with Gasteiger partial charge in [0.1, 0.15) is 18.5 Å². The van der Waals surface area contributed by atoms with Gasteiger partial charge in [-0.2, -0.15) is 0 Å². The first-order valence-electron chi connectivity index (χ1n) is 9.19. The second-order valence-electron chi connectivity index (χ2n) is 7.07. The number of nitrogens with one attached hydrogen (secondary N) is 1. The molecule has 0 radical (unpaired) electrons. The van der Waals surface area contributed by atoms with Gasteiger partial charge in [-0.3, -0.25) is 0 Å². The molecule has 1 atom stereocenters. The maximum atomic E-state index is 10.2. The van der Waals surface area contributed by atoms with E-state index in [0.29, 0.717) is 19.2 Å². The molecule has 0 aromatic heterocycles. The molecule has 1 aromatic rings. The van der Waals surface area contributed by atoms with E-state index >= 15 is 0 Å². The fourth-order valence-corrected chi connectivity index (χ4v) is 3.35. The van der Waals surface area contributed by atoms with Crippen molar-refractivity contribution in [2.45, 2.75) is 77.9 Å². The summed E-state index contributed by atoms with van der Waals surface area (Å²) in [6.45, 7) is 7.20. The first-order chi connectivity index (χ1) is 11.1. The zero-order valence-corrected chi connectivity index (χ0v) is 15.0. The molecule has 2 N–H and O–H groups in total. The lowest BCUT2D eigenvalue weighted by Gasteiger charge is -2.23. The molecule has 3 heteroatoms. The van der Waals surface area contributed by atoms with E-state index < -0.39 is 6.10 Å². The van der Waals surface area contributed by atoms with Crippen LogP contribution in [0.15, 0.2) is 12.1 Å². The van der Waals surface area contributed by atoms with Crippen LogP contribution in [0.4, 0.5) is 0 Å². The Kier molecular flexibility index (Phi) is 7.38. The molecular formula is C20H33NO2. The van der Waals surface area contributed by atoms with Crippen molar-refractivity contribution < 1.29 is 9.84 Å². The van der Waals surface area contributed by atoms with Crippen molar-refractivity contribution in [1.82, 2.24) is 5.32 Å². The van der Waals surface area contributed by atoms with Crippen LogP contribution in [-0.2, 0) is 0 Å². The van der Waals surface area contributed by atoms with E-state index in [1.54, 1.807) is 0 Å². The number of hydrogen-bond donors (Lipinski definition) is 2. The minimum atomic E-state index is -0.459. The van der Waals surface area contributed by atoms with E-state index in [1.165, 1.54) is 56.1 Å². The third-order valence-corrected chi connectivity index (χ3v) is 5.04. The zero-order chi connectivity index (χ0) is 16.7. The number of rotatable bonds is 6. The third kappa shape index (κ3) is 5.82. The lowest BCUT2D eigenvalue weighted by molar-refractivity contribution is 0.101. The summed E-state index contributed by atoms with van der Waals surface area (Å²) in [5.74, 6) is 0.926. The fourth-order valence-electron chi connectivity index (χ4n) is 3.35. The standard InChI is InChI=1S/C20H33NO2/c1-15-11-12-16(2)20(17(15)3)23-14-19(22)13-21-18-9-7-5-4-6-8-10-18/h11-12,18-19,21-22H,4-10,13-14H2,1-3H3/t19-/m1/s1. The van der Waals surface area contributed by atoms with Crippen molar-refractivity contribution in [3.8, 4) is 5.75 Å². The Balaban J connectivity index is 1.76. The first kappa shape index (κ1) is 18.3. The highest BCUT2D eigenvalue weighted by atomic mass is 16.5. The zero-order valence-electron chi connectivity index (χ0n) is 15.0. The summed E-state index contributed by atoms with van der Waals surface area (Å²) in [6.07, 6.45) is 8.74. The van der Waals surface area contributed by atoms with Gasteiger partial charge in [0.15, 0.2) is 0 Å². The second kappa shape index (κ2) is 9.29. The van der Waals surface area contributed by atoms with Crippen molar-refractivity contribution in [2.75, 3.05) is 13.2 Å². The lowest BCUT2D eigenvalue weighted by atomic mass is 9.96. The highest BCUT2D eigenvalue weighted by molar-refractivity contribution is 5.44. The highest BCUT2D eigenvalue weighted by Crippen LogP contribution is 2.25. The molecule has 0 amide bonds. The second-order valence-corrected chi connectivity index (χ2v) is 7.07. The monoisotopic (exact) mass is 319 g/mol. The van der Waals surface area contributed by atoms with Gasteiger partial charge in [-0.15, -0.1) is 0 Å². The smallest absolute Gasteiger partial charge is 0.125 e. The lowest BCUT2D eigenvalue weighted by Crippen LogP contribution is -2.38. The summed E-state index contributed by atoms with van der Waals surface area (Å²) in [7, 11) is 0. The topological polar surface area (TPSA) is 41.5 Å². The molecule has 1 fully saturated rings. The molecule has 0 aliphatic heterocycles. The van der Waals surface area contributed by atoms with E-state index in [4.69, 9.17) is 4.74 Å². The van der Waals surface area contributed by atoms with Crippen LogP contribution in [0.2, 0.25) is 0 Å². The van der Waals surface area contributed by atoms with Crippen LogP contribution >= 0.6 is 0 Å². The average Bonchev–Trinajstić information content (AvgIpc) is 2.50.